The molecule has 0 aliphatic rings. The van der Waals surface area contributed by atoms with Crippen molar-refractivity contribution < 1.29 is 23.9 Å². The van der Waals surface area contributed by atoms with Gasteiger partial charge in [-0.3, -0.25) is 14.9 Å². The Morgan fingerprint density at radius 3 is 2.11 bits per heavy atom. The Kier molecular flexibility index (Phi) is 8.91. The lowest BCUT2D eigenvalue weighted by Gasteiger charge is -2.24. The van der Waals surface area contributed by atoms with E-state index in [1.807, 2.05) is 19.2 Å². The average Bonchev–Trinajstić information content (AvgIpc) is 2.57. The number of carbonyl (C=O) groups excluding carboxylic acids is 4. The van der Waals surface area contributed by atoms with E-state index in [-0.39, 0.29) is 5.92 Å². The van der Waals surface area contributed by atoms with Crippen LogP contribution in [0.5, 0.6) is 0 Å². The molecule has 0 saturated carbocycles. The number of halogens is 1. The van der Waals surface area contributed by atoms with Gasteiger partial charge in [0, 0.05) is 10.6 Å². The standard InChI is InChI=1S/C19H26ClN3O5/c1-10(2)9-14(22-16(24)12-5-7-13(20)8-6-12)18(26)28-15(11(3)4)17(25)23-19(21)27/h5-8,10-11,14-15H,9H2,1-4H3,(H,22,24)(H3,21,23,25,27)/t14-,15+/m0/s1. The predicted molar refractivity (Wildman–Crippen MR) is 105 cm³/mol. The van der Waals surface area contributed by atoms with Gasteiger partial charge in [-0.05, 0) is 42.5 Å². The number of hydrogen-bond acceptors (Lipinski definition) is 5. The first-order valence-corrected chi connectivity index (χ1v) is 9.26. The third-order valence-electron chi connectivity index (χ3n) is 3.76. The number of ether oxygens (including phenoxy) is 1. The van der Waals surface area contributed by atoms with Crippen molar-refractivity contribution in [2.75, 3.05) is 0 Å². The number of rotatable bonds is 8. The summed E-state index contributed by atoms with van der Waals surface area (Å²) in [6, 6.07) is 4.19. The number of hydrogen-bond donors (Lipinski definition) is 3. The highest BCUT2D eigenvalue weighted by molar-refractivity contribution is 6.30. The van der Waals surface area contributed by atoms with Gasteiger partial charge in [0.1, 0.15) is 6.04 Å². The molecule has 4 amide bonds. The number of nitrogens with one attached hydrogen (secondary N) is 2. The fourth-order valence-electron chi connectivity index (χ4n) is 2.42. The van der Waals surface area contributed by atoms with E-state index in [4.69, 9.17) is 22.1 Å². The van der Waals surface area contributed by atoms with Crippen molar-refractivity contribution in [2.24, 2.45) is 17.6 Å². The Morgan fingerprint density at radius 2 is 1.64 bits per heavy atom. The molecule has 0 spiro atoms. The summed E-state index contributed by atoms with van der Waals surface area (Å²) in [4.78, 5) is 48.1. The maximum absolute atomic E-state index is 12.7. The van der Waals surface area contributed by atoms with Crippen LogP contribution in [0.25, 0.3) is 0 Å². The molecule has 0 unspecified atom stereocenters. The van der Waals surface area contributed by atoms with E-state index in [0.29, 0.717) is 17.0 Å². The van der Waals surface area contributed by atoms with Gasteiger partial charge in [0.05, 0.1) is 0 Å². The first-order valence-electron chi connectivity index (χ1n) is 8.88. The zero-order valence-corrected chi connectivity index (χ0v) is 17.1. The number of urea groups is 1. The Bertz CT molecular complexity index is 719. The van der Waals surface area contributed by atoms with Gasteiger partial charge in [0.25, 0.3) is 11.8 Å². The van der Waals surface area contributed by atoms with E-state index >= 15 is 0 Å². The van der Waals surface area contributed by atoms with Gasteiger partial charge < -0.3 is 15.8 Å². The van der Waals surface area contributed by atoms with Crippen LogP contribution in [0.4, 0.5) is 4.79 Å². The predicted octanol–water partition coefficient (Wildman–Crippen LogP) is 2.25. The van der Waals surface area contributed by atoms with Crippen LogP contribution >= 0.6 is 11.6 Å². The summed E-state index contributed by atoms with van der Waals surface area (Å²) in [5.41, 5.74) is 5.28. The van der Waals surface area contributed by atoms with Crippen LogP contribution in [0.15, 0.2) is 24.3 Å². The van der Waals surface area contributed by atoms with Gasteiger partial charge in [-0.2, -0.15) is 0 Å². The SMILES string of the molecule is CC(C)C[C@H](NC(=O)c1ccc(Cl)cc1)C(=O)O[C@@H](C(=O)NC(N)=O)C(C)C. The Labute approximate surface area is 169 Å². The number of benzene rings is 1. The van der Waals surface area contributed by atoms with E-state index in [0.717, 1.165) is 0 Å². The highest BCUT2D eigenvalue weighted by Crippen LogP contribution is 2.14. The molecule has 28 heavy (non-hydrogen) atoms. The molecule has 4 N–H and O–H groups in total. The molecule has 0 aliphatic carbocycles. The van der Waals surface area contributed by atoms with E-state index < -0.39 is 41.9 Å². The molecule has 1 aromatic carbocycles. The summed E-state index contributed by atoms with van der Waals surface area (Å²) in [6.45, 7) is 7.08. The van der Waals surface area contributed by atoms with Gasteiger partial charge in [0.2, 0.25) is 0 Å². The molecule has 0 aromatic heterocycles. The molecule has 9 heteroatoms. The third-order valence-corrected chi connectivity index (χ3v) is 4.01. The van der Waals surface area contributed by atoms with Gasteiger partial charge in [-0.1, -0.05) is 39.3 Å². The second-order valence-electron chi connectivity index (χ2n) is 7.12. The number of nitrogens with two attached hydrogens (primary N) is 1. The zero-order valence-electron chi connectivity index (χ0n) is 16.3. The van der Waals surface area contributed by atoms with Crippen molar-refractivity contribution in [1.82, 2.24) is 10.6 Å². The Morgan fingerprint density at radius 1 is 1.07 bits per heavy atom. The summed E-state index contributed by atoms with van der Waals surface area (Å²) < 4.78 is 5.30. The van der Waals surface area contributed by atoms with Crippen LogP contribution in [0, 0.1) is 11.8 Å². The van der Waals surface area contributed by atoms with Crippen molar-refractivity contribution in [1.29, 1.82) is 0 Å². The molecule has 8 nitrogen and oxygen atoms in total. The number of esters is 1. The van der Waals surface area contributed by atoms with E-state index in [2.05, 4.69) is 5.32 Å². The minimum absolute atomic E-state index is 0.0695. The molecule has 0 heterocycles. The Hall–Kier alpha value is -2.61. The summed E-state index contributed by atoms with van der Waals surface area (Å²) in [6.07, 6.45) is -0.914. The average molecular weight is 412 g/mol. The second-order valence-corrected chi connectivity index (χ2v) is 7.55. The summed E-state index contributed by atoms with van der Waals surface area (Å²) in [5, 5.41) is 5.01. The number of amides is 4. The smallest absolute Gasteiger partial charge is 0.329 e. The maximum Gasteiger partial charge on any atom is 0.329 e. The number of imide groups is 1. The lowest BCUT2D eigenvalue weighted by Crippen LogP contribution is -2.49. The van der Waals surface area contributed by atoms with Crippen LogP contribution in [-0.4, -0.2) is 36.0 Å². The topological polar surface area (TPSA) is 128 Å². The molecule has 0 fully saturated rings. The molecule has 0 bridgehead atoms. The zero-order chi connectivity index (χ0) is 21.4. The lowest BCUT2D eigenvalue weighted by molar-refractivity contribution is -0.160. The first kappa shape index (κ1) is 23.4. The van der Waals surface area contributed by atoms with Crippen LogP contribution in [0.2, 0.25) is 5.02 Å². The molecular weight excluding hydrogens is 386 g/mol. The normalized spacial score (nSPS) is 13.0. The minimum atomic E-state index is -1.22. The van der Waals surface area contributed by atoms with Gasteiger partial charge in [0.15, 0.2) is 6.10 Å². The first-order chi connectivity index (χ1) is 13.0. The molecule has 0 radical (unpaired) electrons. The fraction of sp³-hybridized carbons (Fsp3) is 0.474. The van der Waals surface area contributed by atoms with Crippen LogP contribution in [-0.2, 0) is 14.3 Å². The van der Waals surface area contributed by atoms with Crippen molar-refractivity contribution in [2.45, 2.75) is 46.3 Å². The molecule has 1 rings (SSSR count). The molecule has 1 aromatic rings. The lowest BCUT2D eigenvalue weighted by atomic mass is 10.0. The van der Waals surface area contributed by atoms with Gasteiger partial charge in [-0.25, -0.2) is 9.59 Å². The monoisotopic (exact) mass is 411 g/mol. The molecule has 2 atom stereocenters. The molecule has 0 aliphatic heterocycles. The third kappa shape index (κ3) is 7.56. The van der Waals surface area contributed by atoms with Crippen LogP contribution < -0.4 is 16.4 Å². The maximum atomic E-state index is 12.7. The van der Waals surface area contributed by atoms with E-state index in [1.165, 1.54) is 12.1 Å². The second kappa shape index (κ2) is 10.7. The van der Waals surface area contributed by atoms with Gasteiger partial charge >= 0.3 is 12.0 Å². The summed E-state index contributed by atoms with van der Waals surface area (Å²) in [7, 11) is 0. The highest BCUT2D eigenvalue weighted by Gasteiger charge is 2.32. The largest absolute Gasteiger partial charge is 0.450 e. The Balaban J connectivity index is 2.93. The number of carbonyl (C=O) groups is 4. The van der Waals surface area contributed by atoms with Crippen molar-refractivity contribution in [3.05, 3.63) is 34.9 Å². The number of primary amides is 1. The highest BCUT2D eigenvalue weighted by atomic mass is 35.5. The van der Waals surface area contributed by atoms with Crippen LogP contribution in [0.1, 0.15) is 44.5 Å². The van der Waals surface area contributed by atoms with Crippen molar-refractivity contribution in [3.8, 4) is 0 Å². The molecule has 0 saturated heterocycles. The van der Waals surface area contributed by atoms with Crippen molar-refractivity contribution in [3.63, 3.8) is 0 Å². The van der Waals surface area contributed by atoms with Crippen molar-refractivity contribution >= 4 is 35.4 Å². The van der Waals surface area contributed by atoms with Crippen LogP contribution in [0.3, 0.4) is 0 Å². The quantitative estimate of drug-likeness (QED) is 0.565. The summed E-state index contributed by atoms with van der Waals surface area (Å²) in [5.74, 6) is -2.39. The van der Waals surface area contributed by atoms with Gasteiger partial charge in [-0.15, -0.1) is 0 Å². The molecule has 154 valence electrons. The van der Waals surface area contributed by atoms with E-state index in [9.17, 15) is 19.2 Å². The summed E-state index contributed by atoms with van der Waals surface area (Å²) >= 11 is 5.82. The minimum Gasteiger partial charge on any atom is -0.450 e. The molecular formula is C19H26ClN3O5. The fourth-order valence-corrected chi connectivity index (χ4v) is 2.55. The van der Waals surface area contributed by atoms with E-state index in [1.54, 1.807) is 26.0 Å².